The molecule has 5 heteroatoms. The van der Waals surface area contributed by atoms with E-state index in [9.17, 15) is 9.90 Å². The van der Waals surface area contributed by atoms with Gasteiger partial charge in [0, 0.05) is 26.3 Å². The van der Waals surface area contributed by atoms with Crippen LogP contribution in [0.5, 0.6) is 0 Å². The molecule has 0 aromatic carbocycles. The molecule has 0 aliphatic heterocycles. The second kappa shape index (κ2) is 5.76. The van der Waals surface area contributed by atoms with Gasteiger partial charge in [0.1, 0.15) is 5.69 Å². The largest absolute Gasteiger partial charge is 0.389 e. The van der Waals surface area contributed by atoms with Gasteiger partial charge in [-0.25, -0.2) is 0 Å². The standard InChI is InChI=1S/C13H21ClN2O2/c1-5-6-16-8-10(14)7-11(16)12(17)15(4)9-13(2,3)18/h7-8,18H,5-6,9H2,1-4H3. The minimum Gasteiger partial charge on any atom is -0.389 e. The molecule has 1 aromatic heterocycles. The van der Waals surface area contributed by atoms with E-state index in [0.717, 1.165) is 13.0 Å². The molecule has 0 bridgehead atoms. The third-order valence-corrected chi connectivity index (χ3v) is 2.72. The predicted molar refractivity (Wildman–Crippen MR) is 73.0 cm³/mol. The third kappa shape index (κ3) is 4.03. The lowest BCUT2D eigenvalue weighted by Crippen LogP contribution is -2.40. The zero-order chi connectivity index (χ0) is 13.9. The molecule has 0 spiro atoms. The molecule has 0 atom stereocenters. The Morgan fingerprint density at radius 2 is 2.17 bits per heavy atom. The van der Waals surface area contributed by atoms with Crippen molar-refractivity contribution >= 4 is 17.5 Å². The molecule has 1 amide bonds. The van der Waals surface area contributed by atoms with Crippen LogP contribution >= 0.6 is 11.6 Å². The maximum absolute atomic E-state index is 12.3. The van der Waals surface area contributed by atoms with Crippen LogP contribution in [0.2, 0.25) is 5.02 Å². The minimum atomic E-state index is -0.906. The van der Waals surface area contributed by atoms with Gasteiger partial charge in [0.25, 0.3) is 5.91 Å². The second-order valence-corrected chi connectivity index (χ2v) is 5.65. The van der Waals surface area contributed by atoms with E-state index < -0.39 is 5.60 Å². The number of hydrogen-bond donors (Lipinski definition) is 1. The molecule has 18 heavy (non-hydrogen) atoms. The molecule has 1 rings (SSSR count). The number of carbonyl (C=O) groups excluding carboxylic acids is 1. The van der Waals surface area contributed by atoms with Crippen LogP contribution in [-0.2, 0) is 6.54 Å². The maximum atomic E-state index is 12.3. The van der Waals surface area contributed by atoms with Gasteiger partial charge < -0.3 is 14.6 Å². The van der Waals surface area contributed by atoms with Crippen LogP contribution in [0.25, 0.3) is 0 Å². The fourth-order valence-corrected chi connectivity index (χ4v) is 2.15. The van der Waals surface area contributed by atoms with E-state index in [1.807, 2.05) is 11.5 Å². The Bertz CT molecular complexity index is 421. The van der Waals surface area contributed by atoms with Crippen molar-refractivity contribution in [2.24, 2.45) is 0 Å². The average molecular weight is 273 g/mol. The van der Waals surface area contributed by atoms with Crippen molar-refractivity contribution in [3.8, 4) is 0 Å². The highest BCUT2D eigenvalue weighted by atomic mass is 35.5. The van der Waals surface area contributed by atoms with Crippen LogP contribution < -0.4 is 0 Å². The van der Waals surface area contributed by atoms with Crippen LogP contribution in [0.3, 0.4) is 0 Å². The first kappa shape index (κ1) is 15.1. The summed E-state index contributed by atoms with van der Waals surface area (Å²) in [7, 11) is 1.68. The number of aromatic nitrogens is 1. The minimum absolute atomic E-state index is 0.127. The molecule has 0 unspecified atom stereocenters. The van der Waals surface area contributed by atoms with Crippen molar-refractivity contribution in [2.75, 3.05) is 13.6 Å². The highest BCUT2D eigenvalue weighted by molar-refractivity contribution is 6.31. The molecular formula is C13H21ClN2O2. The first-order chi connectivity index (χ1) is 8.24. The summed E-state index contributed by atoms with van der Waals surface area (Å²) >= 11 is 5.94. The summed E-state index contributed by atoms with van der Waals surface area (Å²) < 4.78 is 1.85. The summed E-state index contributed by atoms with van der Waals surface area (Å²) in [5, 5.41) is 10.3. The number of aryl methyl sites for hydroxylation is 1. The van der Waals surface area contributed by atoms with Crippen LogP contribution in [0.15, 0.2) is 12.3 Å². The molecule has 0 fully saturated rings. The Balaban J connectivity index is 2.89. The summed E-state index contributed by atoms with van der Waals surface area (Å²) in [6, 6.07) is 1.67. The van der Waals surface area contributed by atoms with Crippen LogP contribution in [0.4, 0.5) is 0 Å². The Morgan fingerprint density at radius 1 is 1.56 bits per heavy atom. The Labute approximate surface area is 113 Å². The van der Waals surface area contributed by atoms with Gasteiger partial charge in [0.15, 0.2) is 0 Å². The van der Waals surface area contributed by atoms with E-state index in [1.54, 1.807) is 33.2 Å². The quantitative estimate of drug-likeness (QED) is 0.895. The molecule has 0 saturated heterocycles. The topological polar surface area (TPSA) is 45.5 Å². The first-order valence-electron chi connectivity index (χ1n) is 6.08. The number of halogens is 1. The highest BCUT2D eigenvalue weighted by Gasteiger charge is 2.22. The van der Waals surface area contributed by atoms with E-state index >= 15 is 0 Å². The van der Waals surface area contributed by atoms with E-state index in [-0.39, 0.29) is 12.5 Å². The second-order valence-electron chi connectivity index (χ2n) is 5.21. The molecule has 0 saturated carbocycles. The summed E-state index contributed by atoms with van der Waals surface area (Å²) in [6.45, 7) is 6.43. The summed E-state index contributed by atoms with van der Waals surface area (Å²) in [5.41, 5.74) is -0.343. The lowest BCUT2D eigenvalue weighted by atomic mass is 10.1. The lowest BCUT2D eigenvalue weighted by molar-refractivity contribution is 0.0362. The number of aliphatic hydroxyl groups is 1. The van der Waals surface area contributed by atoms with Gasteiger partial charge in [-0.3, -0.25) is 4.79 Å². The van der Waals surface area contributed by atoms with Crippen LogP contribution in [-0.4, -0.2) is 39.7 Å². The number of hydrogen-bond acceptors (Lipinski definition) is 2. The number of rotatable bonds is 5. The van der Waals surface area contributed by atoms with Gasteiger partial charge in [0.2, 0.25) is 0 Å². The molecule has 0 aliphatic carbocycles. The first-order valence-corrected chi connectivity index (χ1v) is 6.46. The van der Waals surface area contributed by atoms with Crippen molar-refractivity contribution in [1.29, 1.82) is 0 Å². The van der Waals surface area contributed by atoms with E-state index in [0.29, 0.717) is 10.7 Å². The van der Waals surface area contributed by atoms with Gasteiger partial charge in [-0.2, -0.15) is 0 Å². The van der Waals surface area contributed by atoms with Gasteiger partial charge >= 0.3 is 0 Å². The van der Waals surface area contributed by atoms with Gasteiger partial charge in [-0.15, -0.1) is 0 Å². The number of nitrogens with zero attached hydrogens (tertiary/aromatic N) is 2. The fraction of sp³-hybridized carbons (Fsp3) is 0.615. The Morgan fingerprint density at radius 3 is 2.67 bits per heavy atom. The van der Waals surface area contributed by atoms with Crippen molar-refractivity contribution in [1.82, 2.24) is 9.47 Å². The maximum Gasteiger partial charge on any atom is 0.270 e. The Hall–Kier alpha value is -1.00. The van der Waals surface area contributed by atoms with Crippen molar-refractivity contribution in [3.05, 3.63) is 23.0 Å². The van der Waals surface area contributed by atoms with E-state index in [2.05, 4.69) is 0 Å². The van der Waals surface area contributed by atoms with Crippen molar-refractivity contribution in [3.63, 3.8) is 0 Å². The molecular weight excluding hydrogens is 252 g/mol. The third-order valence-electron chi connectivity index (χ3n) is 2.52. The summed E-state index contributed by atoms with van der Waals surface area (Å²) in [5.74, 6) is -0.127. The predicted octanol–water partition coefficient (Wildman–Crippen LogP) is 2.39. The van der Waals surface area contributed by atoms with E-state index in [1.165, 1.54) is 4.90 Å². The van der Waals surface area contributed by atoms with Crippen LogP contribution in [0, 0.1) is 0 Å². The zero-order valence-corrected chi connectivity index (χ0v) is 12.2. The summed E-state index contributed by atoms with van der Waals surface area (Å²) in [4.78, 5) is 13.8. The monoisotopic (exact) mass is 272 g/mol. The molecule has 0 aliphatic rings. The van der Waals surface area contributed by atoms with Gasteiger partial charge in [-0.05, 0) is 26.3 Å². The van der Waals surface area contributed by atoms with Crippen molar-refractivity contribution in [2.45, 2.75) is 39.3 Å². The molecule has 102 valence electrons. The smallest absolute Gasteiger partial charge is 0.270 e. The Kier molecular flexibility index (Phi) is 4.82. The number of likely N-dealkylation sites (N-methyl/N-ethyl adjacent to an activating group) is 1. The van der Waals surface area contributed by atoms with Gasteiger partial charge in [0.05, 0.1) is 10.6 Å². The molecule has 1 aromatic rings. The van der Waals surface area contributed by atoms with E-state index in [4.69, 9.17) is 11.6 Å². The van der Waals surface area contributed by atoms with Crippen LogP contribution in [0.1, 0.15) is 37.7 Å². The zero-order valence-electron chi connectivity index (χ0n) is 11.4. The fourth-order valence-electron chi connectivity index (χ4n) is 1.93. The summed E-state index contributed by atoms with van der Waals surface area (Å²) in [6.07, 6.45) is 2.69. The number of carbonyl (C=O) groups is 1. The molecule has 4 nitrogen and oxygen atoms in total. The molecule has 0 radical (unpaired) electrons. The van der Waals surface area contributed by atoms with Gasteiger partial charge in [-0.1, -0.05) is 18.5 Å². The normalized spacial score (nSPS) is 11.7. The number of amides is 1. The average Bonchev–Trinajstić information content (AvgIpc) is 2.56. The highest BCUT2D eigenvalue weighted by Crippen LogP contribution is 2.17. The van der Waals surface area contributed by atoms with Crippen molar-refractivity contribution < 1.29 is 9.90 Å². The SMILES string of the molecule is CCCn1cc(Cl)cc1C(=O)N(C)CC(C)(C)O. The molecule has 1 N–H and O–H groups in total. The lowest BCUT2D eigenvalue weighted by Gasteiger charge is -2.25. The molecule has 1 heterocycles.